The normalized spacial score (nSPS) is 11.0. The SMILES string of the molecule is Cc1ccc(CN(C)C(=O)CSc2nnc(-c3ccoc3C)n2Cc2ccccc2)c(C)c1. The van der Waals surface area contributed by atoms with Crippen LogP contribution in [0.1, 0.15) is 28.0 Å². The third-order valence-corrected chi connectivity index (χ3v) is 6.61. The van der Waals surface area contributed by atoms with Crippen molar-refractivity contribution in [3.63, 3.8) is 0 Å². The second-order valence-corrected chi connectivity index (χ2v) is 9.18. The van der Waals surface area contributed by atoms with Gasteiger partial charge in [-0.25, -0.2) is 0 Å². The Balaban J connectivity index is 1.50. The van der Waals surface area contributed by atoms with Gasteiger partial charge in [-0.3, -0.25) is 9.36 Å². The molecule has 0 saturated heterocycles. The summed E-state index contributed by atoms with van der Waals surface area (Å²) in [6, 6.07) is 18.4. The Labute approximate surface area is 198 Å². The fourth-order valence-corrected chi connectivity index (χ4v) is 4.60. The van der Waals surface area contributed by atoms with Crippen molar-refractivity contribution in [2.24, 2.45) is 0 Å². The fraction of sp³-hybridized carbons (Fsp3) is 0.269. The zero-order valence-corrected chi connectivity index (χ0v) is 20.2. The summed E-state index contributed by atoms with van der Waals surface area (Å²) in [4.78, 5) is 14.7. The Hall–Kier alpha value is -3.32. The minimum Gasteiger partial charge on any atom is -0.469 e. The van der Waals surface area contributed by atoms with Crippen LogP contribution >= 0.6 is 11.8 Å². The van der Waals surface area contributed by atoms with E-state index in [1.807, 2.05) is 38.2 Å². The van der Waals surface area contributed by atoms with Gasteiger partial charge in [-0.1, -0.05) is 65.9 Å². The average Bonchev–Trinajstić information content (AvgIpc) is 3.40. The van der Waals surface area contributed by atoms with Gasteiger partial charge in [-0.2, -0.15) is 0 Å². The van der Waals surface area contributed by atoms with Crippen LogP contribution in [0.2, 0.25) is 0 Å². The van der Waals surface area contributed by atoms with Crippen LogP contribution < -0.4 is 0 Å². The number of rotatable bonds is 8. The fourth-order valence-electron chi connectivity index (χ4n) is 3.72. The van der Waals surface area contributed by atoms with Crippen molar-refractivity contribution in [1.29, 1.82) is 0 Å². The molecular weight excluding hydrogens is 432 g/mol. The predicted octanol–water partition coefficient (Wildman–Crippen LogP) is 5.26. The summed E-state index contributed by atoms with van der Waals surface area (Å²) < 4.78 is 7.54. The molecule has 0 saturated carbocycles. The van der Waals surface area contributed by atoms with Crippen molar-refractivity contribution in [2.45, 2.75) is 39.0 Å². The molecule has 0 bridgehead atoms. The maximum Gasteiger partial charge on any atom is 0.233 e. The van der Waals surface area contributed by atoms with E-state index in [0.29, 0.717) is 24.0 Å². The van der Waals surface area contributed by atoms with Crippen LogP contribution in [0.5, 0.6) is 0 Å². The molecular formula is C26H28N4O2S. The summed E-state index contributed by atoms with van der Waals surface area (Å²) in [6.07, 6.45) is 1.66. The summed E-state index contributed by atoms with van der Waals surface area (Å²) in [5, 5.41) is 9.56. The first-order chi connectivity index (χ1) is 15.9. The minimum absolute atomic E-state index is 0.0512. The number of furan rings is 1. The smallest absolute Gasteiger partial charge is 0.233 e. The van der Waals surface area contributed by atoms with E-state index in [1.54, 1.807) is 11.2 Å². The molecule has 2 aromatic carbocycles. The predicted molar refractivity (Wildman–Crippen MR) is 131 cm³/mol. The number of nitrogens with zero attached hydrogens (tertiary/aromatic N) is 4. The van der Waals surface area contributed by atoms with E-state index in [4.69, 9.17) is 4.42 Å². The molecule has 0 spiro atoms. The maximum absolute atomic E-state index is 12.9. The van der Waals surface area contributed by atoms with Crippen LogP contribution in [0.15, 0.2) is 70.4 Å². The number of thioether (sulfide) groups is 1. The number of aryl methyl sites for hydroxylation is 3. The minimum atomic E-state index is 0.0512. The molecule has 1 amide bonds. The Morgan fingerprint density at radius 3 is 2.55 bits per heavy atom. The van der Waals surface area contributed by atoms with Gasteiger partial charge in [0.25, 0.3) is 0 Å². The van der Waals surface area contributed by atoms with Gasteiger partial charge in [-0.15, -0.1) is 10.2 Å². The van der Waals surface area contributed by atoms with Gasteiger partial charge in [0.1, 0.15) is 5.76 Å². The largest absolute Gasteiger partial charge is 0.469 e. The molecule has 0 fully saturated rings. The lowest BCUT2D eigenvalue weighted by molar-refractivity contribution is -0.127. The van der Waals surface area contributed by atoms with Gasteiger partial charge in [0.15, 0.2) is 11.0 Å². The molecule has 0 aliphatic carbocycles. The second kappa shape index (κ2) is 10.1. The Morgan fingerprint density at radius 2 is 1.85 bits per heavy atom. The number of amides is 1. The molecule has 4 rings (SSSR count). The third kappa shape index (κ3) is 5.37. The molecule has 0 radical (unpaired) electrons. The van der Waals surface area contributed by atoms with E-state index in [2.05, 4.69) is 58.9 Å². The molecule has 4 aromatic rings. The van der Waals surface area contributed by atoms with Crippen LogP contribution in [-0.2, 0) is 17.9 Å². The second-order valence-electron chi connectivity index (χ2n) is 8.24. The zero-order valence-electron chi connectivity index (χ0n) is 19.4. The highest BCUT2D eigenvalue weighted by Gasteiger charge is 2.20. The van der Waals surface area contributed by atoms with E-state index in [0.717, 1.165) is 28.3 Å². The number of carbonyl (C=O) groups excluding carboxylic acids is 1. The van der Waals surface area contributed by atoms with E-state index < -0.39 is 0 Å². The first kappa shape index (κ1) is 22.9. The number of hydrogen-bond acceptors (Lipinski definition) is 5. The number of hydrogen-bond donors (Lipinski definition) is 0. The number of aromatic nitrogens is 3. The summed E-state index contributed by atoms with van der Waals surface area (Å²) in [7, 11) is 1.84. The Kier molecular flexibility index (Phi) is 6.99. The van der Waals surface area contributed by atoms with Crippen molar-refractivity contribution in [2.75, 3.05) is 12.8 Å². The third-order valence-electron chi connectivity index (χ3n) is 5.66. The number of benzene rings is 2. The molecule has 7 heteroatoms. The Bertz CT molecular complexity index is 1250. The van der Waals surface area contributed by atoms with E-state index in [-0.39, 0.29) is 5.91 Å². The van der Waals surface area contributed by atoms with Crippen LogP contribution in [0, 0.1) is 20.8 Å². The standard InChI is InChI=1S/C26H28N4O2S/c1-18-10-11-22(19(2)14-18)16-29(4)24(31)17-33-26-28-27-25(23-12-13-32-20(23)3)30(26)15-21-8-6-5-7-9-21/h5-14H,15-17H2,1-4H3. The lowest BCUT2D eigenvalue weighted by Crippen LogP contribution is -2.28. The van der Waals surface area contributed by atoms with Crippen LogP contribution in [0.25, 0.3) is 11.4 Å². The molecule has 0 unspecified atom stereocenters. The van der Waals surface area contributed by atoms with Gasteiger partial charge in [-0.05, 0) is 43.5 Å². The molecule has 0 aliphatic heterocycles. The molecule has 0 N–H and O–H groups in total. The summed E-state index contributed by atoms with van der Waals surface area (Å²) >= 11 is 1.41. The Morgan fingerprint density at radius 1 is 1.06 bits per heavy atom. The zero-order chi connectivity index (χ0) is 23.4. The molecule has 170 valence electrons. The highest BCUT2D eigenvalue weighted by molar-refractivity contribution is 7.99. The first-order valence-corrected chi connectivity index (χ1v) is 11.9. The van der Waals surface area contributed by atoms with Gasteiger partial charge in [0.2, 0.25) is 5.91 Å². The molecule has 33 heavy (non-hydrogen) atoms. The van der Waals surface area contributed by atoms with Gasteiger partial charge in [0, 0.05) is 13.6 Å². The quantitative estimate of drug-likeness (QED) is 0.336. The van der Waals surface area contributed by atoms with Crippen LogP contribution in [0.4, 0.5) is 0 Å². The van der Waals surface area contributed by atoms with Gasteiger partial charge >= 0.3 is 0 Å². The molecule has 0 atom stereocenters. The van der Waals surface area contributed by atoms with E-state index in [1.165, 1.54) is 22.9 Å². The monoisotopic (exact) mass is 460 g/mol. The van der Waals surface area contributed by atoms with Gasteiger partial charge in [0.05, 0.1) is 24.1 Å². The van der Waals surface area contributed by atoms with E-state index in [9.17, 15) is 4.79 Å². The van der Waals surface area contributed by atoms with Crippen molar-refractivity contribution in [3.8, 4) is 11.4 Å². The lowest BCUT2D eigenvalue weighted by Gasteiger charge is -2.19. The molecule has 2 aromatic heterocycles. The molecule has 2 heterocycles. The van der Waals surface area contributed by atoms with Crippen LogP contribution in [0.3, 0.4) is 0 Å². The summed E-state index contributed by atoms with van der Waals surface area (Å²) in [5.74, 6) is 1.87. The van der Waals surface area contributed by atoms with Crippen molar-refractivity contribution < 1.29 is 9.21 Å². The molecule has 6 nitrogen and oxygen atoms in total. The maximum atomic E-state index is 12.9. The van der Waals surface area contributed by atoms with Crippen LogP contribution in [-0.4, -0.2) is 38.4 Å². The van der Waals surface area contributed by atoms with Crippen molar-refractivity contribution >= 4 is 17.7 Å². The van der Waals surface area contributed by atoms with E-state index >= 15 is 0 Å². The summed E-state index contributed by atoms with van der Waals surface area (Å²) in [6.45, 7) is 7.27. The average molecular weight is 461 g/mol. The van der Waals surface area contributed by atoms with Crippen molar-refractivity contribution in [1.82, 2.24) is 19.7 Å². The first-order valence-electron chi connectivity index (χ1n) is 10.9. The molecule has 0 aliphatic rings. The topological polar surface area (TPSA) is 64.2 Å². The number of carbonyl (C=O) groups is 1. The lowest BCUT2D eigenvalue weighted by atomic mass is 10.1. The van der Waals surface area contributed by atoms with Gasteiger partial charge < -0.3 is 9.32 Å². The summed E-state index contributed by atoms with van der Waals surface area (Å²) in [5.41, 5.74) is 5.63. The van der Waals surface area contributed by atoms with Crippen molar-refractivity contribution in [3.05, 3.63) is 88.9 Å². The highest BCUT2D eigenvalue weighted by atomic mass is 32.2. The highest BCUT2D eigenvalue weighted by Crippen LogP contribution is 2.28.